The van der Waals surface area contributed by atoms with Gasteiger partial charge in [-0.2, -0.15) is 0 Å². The van der Waals surface area contributed by atoms with Crippen molar-refractivity contribution in [3.05, 3.63) is 54.1 Å². The van der Waals surface area contributed by atoms with Gasteiger partial charge in [-0.05, 0) is 31.2 Å². The first-order chi connectivity index (χ1) is 13.3. The average molecular weight is 404 g/mol. The third-order valence-electron chi connectivity index (χ3n) is 4.38. The summed E-state index contributed by atoms with van der Waals surface area (Å²) >= 11 is 0. The molecule has 2 aromatic rings. The fourth-order valence-corrected chi connectivity index (χ4v) is 3.90. The molecular weight excluding hydrogens is 380 g/mol. The van der Waals surface area contributed by atoms with Crippen molar-refractivity contribution in [1.82, 2.24) is 5.32 Å². The second-order valence-corrected chi connectivity index (χ2v) is 8.56. The molecule has 0 aliphatic carbocycles. The number of ether oxygens (including phenoxy) is 2. The van der Waals surface area contributed by atoms with E-state index in [2.05, 4.69) is 5.32 Å². The molecule has 0 spiro atoms. The number of aryl methyl sites for hydroxylation is 1. The highest BCUT2D eigenvalue weighted by atomic mass is 32.2. The lowest BCUT2D eigenvalue weighted by atomic mass is 10.2. The fraction of sp³-hybridized carbons (Fsp3) is 0.350. The highest BCUT2D eigenvalue weighted by Crippen LogP contribution is 2.33. The Morgan fingerprint density at radius 1 is 1.21 bits per heavy atom. The number of sulfonamides is 1. The van der Waals surface area contributed by atoms with Crippen LogP contribution in [0.1, 0.15) is 12.0 Å². The van der Waals surface area contributed by atoms with Gasteiger partial charge in [-0.25, -0.2) is 8.42 Å². The van der Waals surface area contributed by atoms with Gasteiger partial charge in [-0.15, -0.1) is 0 Å². The Morgan fingerprint density at radius 3 is 2.64 bits per heavy atom. The Balaban J connectivity index is 1.58. The zero-order chi connectivity index (χ0) is 20.1. The quantitative estimate of drug-likeness (QED) is 0.746. The largest absolute Gasteiger partial charge is 0.492 e. The van der Waals surface area contributed by atoms with Gasteiger partial charge in [-0.3, -0.25) is 9.10 Å². The molecule has 1 amide bonds. The van der Waals surface area contributed by atoms with Crippen LogP contribution in [0, 0.1) is 6.92 Å². The molecule has 8 heteroatoms. The number of carbonyl (C=O) groups excluding carboxylic acids is 1. The first-order valence-corrected chi connectivity index (χ1v) is 10.9. The van der Waals surface area contributed by atoms with Crippen molar-refractivity contribution in [3.8, 4) is 11.5 Å². The lowest BCUT2D eigenvalue weighted by molar-refractivity contribution is -0.128. The molecule has 1 aliphatic heterocycles. The van der Waals surface area contributed by atoms with E-state index in [-0.39, 0.29) is 18.9 Å². The maximum absolute atomic E-state index is 12.5. The summed E-state index contributed by atoms with van der Waals surface area (Å²) in [6, 6.07) is 14.5. The predicted molar refractivity (Wildman–Crippen MR) is 107 cm³/mol. The van der Waals surface area contributed by atoms with Gasteiger partial charge in [0.2, 0.25) is 10.0 Å². The summed E-state index contributed by atoms with van der Waals surface area (Å²) in [6.07, 6.45) is 0.631. The number of benzene rings is 2. The summed E-state index contributed by atoms with van der Waals surface area (Å²) in [6.45, 7) is 2.82. The number of hydrogen-bond acceptors (Lipinski definition) is 5. The van der Waals surface area contributed by atoms with Gasteiger partial charge < -0.3 is 14.8 Å². The van der Waals surface area contributed by atoms with E-state index in [1.165, 1.54) is 4.31 Å². The van der Waals surface area contributed by atoms with Crippen LogP contribution in [0.25, 0.3) is 0 Å². The first kappa shape index (κ1) is 20.0. The summed E-state index contributed by atoms with van der Waals surface area (Å²) in [5, 5.41) is 2.79. The molecule has 1 aliphatic rings. The Kier molecular flexibility index (Phi) is 6.08. The SMILES string of the molecule is Cc1ccc(OCCNC(=O)[C@H]2CCN(S(C)(=O)=O)c3ccccc3O2)cc1. The Bertz CT molecular complexity index is 928. The number of carbonyl (C=O) groups is 1. The molecule has 3 rings (SSSR count). The first-order valence-electron chi connectivity index (χ1n) is 9.05. The molecule has 0 saturated carbocycles. The van der Waals surface area contributed by atoms with E-state index in [1.54, 1.807) is 24.3 Å². The number of para-hydroxylation sites is 2. The van der Waals surface area contributed by atoms with E-state index < -0.39 is 16.1 Å². The van der Waals surface area contributed by atoms with Gasteiger partial charge in [0, 0.05) is 13.0 Å². The molecule has 0 saturated heterocycles. The van der Waals surface area contributed by atoms with Crippen LogP contribution in [-0.2, 0) is 14.8 Å². The van der Waals surface area contributed by atoms with Crippen molar-refractivity contribution in [2.75, 3.05) is 30.3 Å². The van der Waals surface area contributed by atoms with E-state index in [1.807, 2.05) is 31.2 Å². The van der Waals surface area contributed by atoms with Crippen LogP contribution in [0.5, 0.6) is 11.5 Å². The molecule has 2 aromatic carbocycles. The average Bonchev–Trinajstić information content (AvgIpc) is 2.86. The van der Waals surface area contributed by atoms with Gasteiger partial charge in [-0.1, -0.05) is 29.8 Å². The maximum atomic E-state index is 12.5. The van der Waals surface area contributed by atoms with Crippen molar-refractivity contribution in [2.24, 2.45) is 0 Å². The van der Waals surface area contributed by atoms with E-state index in [4.69, 9.17) is 9.47 Å². The van der Waals surface area contributed by atoms with E-state index >= 15 is 0 Å². The molecule has 1 N–H and O–H groups in total. The number of amides is 1. The van der Waals surface area contributed by atoms with Gasteiger partial charge in [0.25, 0.3) is 5.91 Å². The Hall–Kier alpha value is -2.74. The van der Waals surface area contributed by atoms with Crippen molar-refractivity contribution in [3.63, 3.8) is 0 Å². The number of fused-ring (bicyclic) bond motifs is 1. The van der Waals surface area contributed by atoms with Gasteiger partial charge in [0.15, 0.2) is 6.10 Å². The molecule has 1 heterocycles. The Morgan fingerprint density at radius 2 is 1.93 bits per heavy atom. The van der Waals surface area contributed by atoms with Crippen molar-refractivity contribution in [1.29, 1.82) is 0 Å². The molecule has 0 radical (unpaired) electrons. The van der Waals surface area contributed by atoms with Crippen LogP contribution in [0.3, 0.4) is 0 Å². The minimum atomic E-state index is -3.46. The second kappa shape index (κ2) is 8.52. The standard InChI is InChI=1S/C20H24N2O5S/c1-15-7-9-16(10-8-15)26-14-12-21-20(23)19-11-13-22(28(2,24)25)17-5-3-4-6-18(17)27-19/h3-10,19H,11-14H2,1-2H3,(H,21,23)/t19-/m1/s1. The molecule has 1 atom stereocenters. The predicted octanol–water partition coefficient (Wildman–Crippen LogP) is 2.11. The highest BCUT2D eigenvalue weighted by molar-refractivity contribution is 7.92. The number of anilines is 1. The van der Waals surface area contributed by atoms with E-state index in [0.717, 1.165) is 17.6 Å². The number of hydrogen-bond donors (Lipinski definition) is 1. The van der Waals surface area contributed by atoms with Gasteiger partial charge in [0.05, 0.1) is 18.5 Å². The molecule has 150 valence electrons. The number of rotatable bonds is 6. The highest BCUT2D eigenvalue weighted by Gasteiger charge is 2.30. The lowest BCUT2D eigenvalue weighted by Crippen LogP contribution is -2.41. The summed E-state index contributed by atoms with van der Waals surface area (Å²) < 4.78 is 36.9. The van der Waals surface area contributed by atoms with Crippen molar-refractivity contribution in [2.45, 2.75) is 19.4 Å². The third kappa shape index (κ3) is 4.95. The fourth-order valence-electron chi connectivity index (χ4n) is 2.95. The second-order valence-electron chi connectivity index (χ2n) is 6.65. The molecule has 0 fully saturated rings. The molecule has 0 bridgehead atoms. The monoisotopic (exact) mass is 404 g/mol. The van der Waals surface area contributed by atoms with Crippen molar-refractivity contribution < 1.29 is 22.7 Å². The van der Waals surface area contributed by atoms with Crippen LogP contribution in [-0.4, -0.2) is 46.4 Å². The number of nitrogens with zero attached hydrogens (tertiary/aromatic N) is 1. The third-order valence-corrected chi connectivity index (χ3v) is 5.56. The summed E-state index contributed by atoms with van der Waals surface area (Å²) in [7, 11) is -3.46. The summed E-state index contributed by atoms with van der Waals surface area (Å²) in [4.78, 5) is 12.5. The Labute approximate surface area is 165 Å². The van der Waals surface area contributed by atoms with Gasteiger partial charge >= 0.3 is 0 Å². The molecule has 7 nitrogen and oxygen atoms in total. The lowest BCUT2D eigenvalue weighted by Gasteiger charge is -2.20. The molecule has 28 heavy (non-hydrogen) atoms. The topological polar surface area (TPSA) is 84.9 Å². The van der Waals surface area contributed by atoms with Gasteiger partial charge in [0.1, 0.15) is 18.1 Å². The van der Waals surface area contributed by atoms with E-state index in [9.17, 15) is 13.2 Å². The van der Waals surface area contributed by atoms with Crippen LogP contribution >= 0.6 is 0 Å². The van der Waals surface area contributed by atoms with Crippen LogP contribution in [0.4, 0.5) is 5.69 Å². The van der Waals surface area contributed by atoms with Crippen LogP contribution in [0.2, 0.25) is 0 Å². The van der Waals surface area contributed by atoms with Crippen molar-refractivity contribution >= 4 is 21.6 Å². The normalized spacial score (nSPS) is 16.5. The minimum Gasteiger partial charge on any atom is -0.492 e. The summed E-state index contributed by atoms with van der Waals surface area (Å²) in [5.74, 6) is 0.822. The van der Waals surface area contributed by atoms with Crippen LogP contribution in [0.15, 0.2) is 48.5 Å². The molecular formula is C20H24N2O5S. The van der Waals surface area contributed by atoms with Crippen LogP contribution < -0.4 is 19.1 Å². The minimum absolute atomic E-state index is 0.174. The smallest absolute Gasteiger partial charge is 0.261 e. The van der Waals surface area contributed by atoms with E-state index in [0.29, 0.717) is 24.6 Å². The number of nitrogens with one attached hydrogen (secondary N) is 1. The summed E-state index contributed by atoms with van der Waals surface area (Å²) in [5.41, 5.74) is 1.59. The maximum Gasteiger partial charge on any atom is 0.261 e. The molecule has 0 unspecified atom stereocenters. The molecule has 0 aromatic heterocycles. The zero-order valence-electron chi connectivity index (χ0n) is 15.9. The zero-order valence-corrected chi connectivity index (χ0v) is 16.7.